The molecule has 0 saturated heterocycles. The molecule has 150 valence electrons. The molecule has 0 aliphatic carbocycles. The van der Waals surface area contributed by atoms with Crippen LogP contribution in [0.5, 0.6) is 5.75 Å². The average Bonchev–Trinajstić information content (AvgIpc) is 2.66. The summed E-state index contributed by atoms with van der Waals surface area (Å²) in [5.41, 5.74) is 0.604. The predicted octanol–water partition coefficient (Wildman–Crippen LogP) is 2.18. The lowest BCUT2D eigenvalue weighted by Gasteiger charge is -2.10. The highest BCUT2D eigenvalue weighted by molar-refractivity contribution is 7.92. The largest absolute Gasteiger partial charge is 0.497 e. The van der Waals surface area contributed by atoms with Crippen LogP contribution in [0, 0.1) is 0 Å². The summed E-state index contributed by atoms with van der Waals surface area (Å²) in [6, 6.07) is 11.8. The van der Waals surface area contributed by atoms with Gasteiger partial charge in [0, 0.05) is 11.3 Å². The topological polar surface area (TPSA) is 111 Å². The first-order valence-electron chi connectivity index (χ1n) is 8.46. The summed E-state index contributed by atoms with van der Waals surface area (Å²) >= 11 is 0. The first-order chi connectivity index (χ1) is 13.2. The third-order valence-corrected chi connectivity index (χ3v) is 4.93. The second-order valence-electron chi connectivity index (χ2n) is 6.08. The molecule has 1 amide bonds. The van der Waals surface area contributed by atoms with Gasteiger partial charge in [0.05, 0.1) is 18.1 Å². The van der Waals surface area contributed by atoms with Gasteiger partial charge in [-0.15, -0.1) is 0 Å². The van der Waals surface area contributed by atoms with E-state index in [1.54, 1.807) is 38.1 Å². The Morgan fingerprint density at radius 1 is 1.00 bits per heavy atom. The molecule has 0 bridgehead atoms. The van der Waals surface area contributed by atoms with E-state index in [4.69, 9.17) is 9.47 Å². The highest BCUT2D eigenvalue weighted by Gasteiger charge is 2.16. The number of benzene rings is 2. The fraction of sp³-hybridized carbons (Fsp3) is 0.263. The Balaban J connectivity index is 2.01. The van der Waals surface area contributed by atoms with Crippen LogP contribution in [0.25, 0.3) is 0 Å². The van der Waals surface area contributed by atoms with E-state index in [2.05, 4.69) is 10.0 Å². The van der Waals surface area contributed by atoms with Gasteiger partial charge in [-0.1, -0.05) is 0 Å². The number of carbonyl (C=O) groups excluding carboxylic acids is 2. The van der Waals surface area contributed by atoms with Crippen molar-refractivity contribution < 1.29 is 27.5 Å². The number of methoxy groups -OCH3 is 1. The smallest absolute Gasteiger partial charge is 0.325 e. The van der Waals surface area contributed by atoms with Crippen molar-refractivity contribution >= 4 is 27.6 Å². The van der Waals surface area contributed by atoms with Crippen LogP contribution in [-0.2, 0) is 19.6 Å². The van der Waals surface area contributed by atoms with Crippen molar-refractivity contribution in [3.05, 3.63) is 54.1 Å². The Kier molecular flexibility index (Phi) is 7.00. The second-order valence-corrected chi connectivity index (χ2v) is 7.76. The molecule has 0 aromatic heterocycles. The Labute approximate surface area is 163 Å². The van der Waals surface area contributed by atoms with Gasteiger partial charge in [-0.05, 0) is 62.4 Å². The number of ether oxygens (including phenoxy) is 2. The molecule has 0 saturated carbocycles. The minimum atomic E-state index is -3.81. The van der Waals surface area contributed by atoms with Crippen molar-refractivity contribution in [3.8, 4) is 5.75 Å². The number of esters is 1. The summed E-state index contributed by atoms with van der Waals surface area (Å²) in [5, 5.41) is 2.42. The molecule has 0 fully saturated rings. The number of sulfonamides is 1. The van der Waals surface area contributed by atoms with Gasteiger partial charge in [0.15, 0.2) is 0 Å². The van der Waals surface area contributed by atoms with Crippen LogP contribution in [0.1, 0.15) is 24.2 Å². The number of nitrogens with one attached hydrogen (secondary N) is 2. The SMILES string of the molecule is COc1ccc(NS(=O)(=O)c2ccc(C(=O)NCC(=O)OC(C)C)cc2)cc1. The Morgan fingerprint density at radius 2 is 1.61 bits per heavy atom. The standard InChI is InChI=1S/C19H22N2O6S/c1-13(2)27-18(22)12-20-19(23)14-4-10-17(11-5-14)28(24,25)21-15-6-8-16(26-3)9-7-15/h4-11,13,21H,12H2,1-3H3,(H,20,23). The second kappa shape index (κ2) is 9.23. The molecule has 2 aromatic carbocycles. The third-order valence-electron chi connectivity index (χ3n) is 3.53. The van der Waals surface area contributed by atoms with Crippen molar-refractivity contribution in [2.45, 2.75) is 24.8 Å². The number of anilines is 1. The van der Waals surface area contributed by atoms with Crippen molar-refractivity contribution in [1.82, 2.24) is 5.32 Å². The van der Waals surface area contributed by atoms with Gasteiger partial charge < -0.3 is 14.8 Å². The lowest BCUT2D eigenvalue weighted by molar-refractivity contribution is -0.146. The fourth-order valence-corrected chi connectivity index (χ4v) is 3.28. The lowest BCUT2D eigenvalue weighted by Crippen LogP contribution is -2.31. The highest BCUT2D eigenvalue weighted by Crippen LogP contribution is 2.19. The van der Waals surface area contributed by atoms with E-state index in [1.165, 1.54) is 31.4 Å². The minimum absolute atomic E-state index is 0.000847. The molecule has 0 heterocycles. The summed E-state index contributed by atoms with van der Waals surface area (Å²) in [7, 11) is -2.29. The summed E-state index contributed by atoms with van der Waals surface area (Å²) in [5.74, 6) is -0.449. The van der Waals surface area contributed by atoms with Crippen LogP contribution in [0.3, 0.4) is 0 Å². The quantitative estimate of drug-likeness (QED) is 0.650. The maximum atomic E-state index is 12.5. The van der Waals surface area contributed by atoms with Gasteiger partial charge in [-0.2, -0.15) is 0 Å². The first kappa shape index (κ1) is 21.2. The molecular formula is C19H22N2O6S. The van der Waals surface area contributed by atoms with Crippen LogP contribution in [0.15, 0.2) is 53.4 Å². The number of amides is 1. The summed E-state index contributed by atoms with van der Waals surface area (Å²) in [6.45, 7) is 3.15. The van der Waals surface area contributed by atoms with Gasteiger partial charge >= 0.3 is 5.97 Å². The van der Waals surface area contributed by atoms with E-state index in [1.807, 2.05) is 0 Å². The highest BCUT2D eigenvalue weighted by atomic mass is 32.2. The molecule has 0 unspecified atom stereocenters. The van der Waals surface area contributed by atoms with Crippen LogP contribution in [0.2, 0.25) is 0 Å². The third kappa shape index (κ3) is 5.98. The fourth-order valence-electron chi connectivity index (χ4n) is 2.22. The zero-order valence-corrected chi connectivity index (χ0v) is 16.6. The van der Waals surface area contributed by atoms with Crippen molar-refractivity contribution in [1.29, 1.82) is 0 Å². The van der Waals surface area contributed by atoms with Gasteiger partial charge in [0.1, 0.15) is 12.3 Å². The molecule has 0 spiro atoms. The zero-order valence-electron chi connectivity index (χ0n) is 15.8. The average molecular weight is 406 g/mol. The molecule has 28 heavy (non-hydrogen) atoms. The van der Waals surface area contributed by atoms with Gasteiger partial charge in [0.25, 0.3) is 15.9 Å². The lowest BCUT2D eigenvalue weighted by atomic mass is 10.2. The normalized spacial score (nSPS) is 11.0. The molecule has 2 rings (SSSR count). The van der Waals surface area contributed by atoms with Crippen LogP contribution in [0.4, 0.5) is 5.69 Å². The van der Waals surface area contributed by atoms with E-state index in [-0.39, 0.29) is 23.1 Å². The molecule has 9 heteroatoms. The minimum Gasteiger partial charge on any atom is -0.497 e. The maximum Gasteiger partial charge on any atom is 0.325 e. The van der Waals surface area contributed by atoms with E-state index < -0.39 is 21.9 Å². The Bertz CT molecular complexity index is 922. The number of rotatable bonds is 8. The molecule has 0 atom stereocenters. The van der Waals surface area contributed by atoms with E-state index in [9.17, 15) is 18.0 Å². The van der Waals surface area contributed by atoms with Crippen LogP contribution < -0.4 is 14.8 Å². The van der Waals surface area contributed by atoms with E-state index in [0.717, 1.165) is 0 Å². The number of hydrogen-bond acceptors (Lipinski definition) is 6. The van der Waals surface area contributed by atoms with Crippen LogP contribution >= 0.6 is 0 Å². The predicted molar refractivity (Wildman–Crippen MR) is 104 cm³/mol. The van der Waals surface area contributed by atoms with Gasteiger partial charge in [-0.25, -0.2) is 8.42 Å². The van der Waals surface area contributed by atoms with Crippen molar-refractivity contribution in [3.63, 3.8) is 0 Å². The molecule has 0 aliphatic rings. The van der Waals surface area contributed by atoms with Gasteiger partial charge in [-0.3, -0.25) is 14.3 Å². The van der Waals surface area contributed by atoms with Gasteiger partial charge in [0.2, 0.25) is 0 Å². The monoisotopic (exact) mass is 406 g/mol. The molecule has 2 aromatic rings. The molecule has 2 N–H and O–H groups in total. The van der Waals surface area contributed by atoms with Crippen molar-refractivity contribution in [2.75, 3.05) is 18.4 Å². The summed E-state index contributed by atoms with van der Waals surface area (Å²) < 4.78 is 37.3. The van der Waals surface area contributed by atoms with Crippen LogP contribution in [-0.4, -0.2) is 40.1 Å². The van der Waals surface area contributed by atoms with E-state index >= 15 is 0 Å². The summed E-state index contributed by atoms with van der Waals surface area (Å²) in [6.07, 6.45) is -0.271. The molecule has 0 radical (unpaired) electrons. The zero-order chi connectivity index (χ0) is 20.7. The number of hydrogen-bond donors (Lipinski definition) is 2. The maximum absolute atomic E-state index is 12.5. The summed E-state index contributed by atoms with van der Waals surface area (Å²) in [4.78, 5) is 23.5. The Morgan fingerprint density at radius 3 is 2.14 bits per heavy atom. The molecular weight excluding hydrogens is 384 g/mol. The van der Waals surface area contributed by atoms with E-state index in [0.29, 0.717) is 11.4 Å². The van der Waals surface area contributed by atoms with Crippen molar-refractivity contribution in [2.24, 2.45) is 0 Å². The molecule has 0 aliphatic heterocycles. The molecule has 8 nitrogen and oxygen atoms in total. The number of carbonyl (C=O) groups is 2. The first-order valence-corrected chi connectivity index (χ1v) is 9.94. The Hall–Kier alpha value is -3.07.